The van der Waals surface area contributed by atoms with Crippen molar-refractivity contribution < 1.29 is 0 Å². The lowest BCUT2D eigenvalue weighted by Gasteiger charge is -2.25. The van der Waals surface area contributed by atoms with Gasteiger partial charge in [0.05, 0.1) is 11.2 Å². The van der Waals surface area contributed by atoms with E-state index in [0.29, 0.717) is 0 Å². The maximum absolute atomic E-state index is 4.20. The summed E-state index contributed by atoms with van der Waals surface area (Å²) in [5, 5.41) is 2.50. The third kappa shape index (κ3) is 3.95. The van der Waals surface area contributed by atoms with Gasteiger partial charge in [0.25, 0.3) is 0 Å². The number of aromatic nitrogens is 1. The number of aryl methyl sites for hydroxylation is 1. The van der Waals surface area contributed by atoms with Crippen LogP contribution in [0.25, 0.3) is 44.0 Å². The molecule has 2 aromatic heterocycles. The first-order chi connectivity index (χ1) is 19.7. The molecule has 0 saturated heterocycles. The topological polar surface area (TPSA) is 8.17 Å². The molecule has 0 saturated carbocycles. The smallest absolute Gasteiger partial charge is 0.0590 e. The third-order valence-corrected chi connectivity index (χ3v) is 8.72. The van der Waals surface area contributed by atoms with Crippen LogP contribution in [-0.4, -0.2) is 4.57 Å². The predicted octanol–water partition coefficient (Wildman–Crippen LogP) is 10.9. The molecular weight excluding hydrogens is 504 g/mol. The first-order valence-electron chi connectivity index (χ1n) is 13.5. The molecule has 0 atom stereocenters. The largest absolute Gasteiger partial charge is 0.310 e. The monoisotopic (exact) mass is 532 g/mol. The van der Waals surface area contributed by atoms with Crippen LogP contribution in [-0.2, 0) is 0 Å². The Labute approximate surface area is 238 Å². The number of para-hydroxylation sites is 3. The number of fused-ring (bicyclic) bond motifs is 2. The Morgan fingerprint density at radius 3 is 1.90 bits per heavy atom. The second kappa shape index (κ2) is 10.0. The summed E-state index contributed by atoms with van der Waals surface area (Å²) in [6.45, 7) is 6.46. The minimum atomic E-state index is 1.13. The Bertz CT molecular complexity index is 1930. The Hall–Kier alpha value is -4.86. The van der Waals surface area contributed by atoms with E-state index in [2.05, 4.69) is 156 Å². The number of nitrogens with zero attached hydrogens (tertiary/aromatic N) is 2. The van der Waals surface area contributed by atoms with Gasteiger partial charge < -0.3 is 9.47 Å². The van der Waals surface area contributed by atoms with Crippen molar-refractivity contribution in [2.45, 2.75) is 6.92 Å². The number of hydrogen-bond donors (Lipinski definition) is 0. The van der Waals surface area contributed by atoms with Crippen LogP contribution in [0.1, 0.15) is 10.4 Å². The lowest BCUT2D eigenvalue weighted by atomic mass is 10.0. The molecule has 0 bridgehead atoms. The number of anilines is 3. The Balaban J connectivity index is 1.54. The van der Waals surface area contributed by atoms with Crippen molar-refractivity contribution in [2.75, 3.05) is 4.90 Å². The van der Waals surface area contributed by atoms with Gasteiger partial charge in [0.15, 0.2) is 0 Å². The lowest BCUT2D eigenvalue weighted by molar-refractivity contribution is 1.13. The molecule has 5 aromatic carbocycles. The summed E-state index contributed by atoms with van der Waals surface area (Å²) in [4.78, 5) is 3.52. The van der Waals surface area contributed by atoms with E-state index in [-0.39, 0.29) is 0 Å². The minimum Gasteiger partial charge on any atom is -0.310 e. The molecule has 2 nitrogen and oxygen atoms in total. The summed E-state index contributed by atoms with van der Waals surface area (Å²) in [5.41, 5.74) is 9.45. The molecule has 0 spiro atoms. The number of hydrogen-bond acceptors (Lipinski definition) is 2. The van der Waals surface area contributed by atoms with Crippen LogP contribution in [0.5, 0.6) is 0 Å². The maximum atomic E-state index is 4.20. The van der Waals surface area contributed by atoms with Crippen LogP contribution in [0.4, 0.5) is 17.1 Å². The van der Waals surface area contributed by atoms with Crippen LogP contribution in [0.3, 0.4) is 0 Å². The summed E-state index contributed by atoms with van der Waals surface area (Å²) < 4.78 is 3.70. The molecule has 0 radical (unpaired) electrons. The second-order valence-electron chi connectivity index (χ2n) is 9.89. The van der Waals surface area contributed by atoms with Crippen LogP contribution in [0, 0.1) is 6.92 Å². The van der Waals surface area contributed by atoms with Gasteiger partial charge in [0.2, 0.25) is 0 Å². The Morgan fingerprint density at radius 2 is 1.25 bits per heavy atom. The van der Waals surface area contributed by atoms with Gasteiger partial charge >= 0.3 is 0 Å². The van der Waals surface area contributed by atoms with E-state index in [1.807, 2.05) is 6.08 Å². The molecule has 3 heteroatoms. The molecule has 40 heavy (non-hydrogen) atoms. The highest BCUT2D eigenvalue weighted by Crippen LogP contribution is 2.46. The van der Waals surface area contributed by atoms with Crippen LogP contribution in [0.15, 0.2) is 140 Å². The first kappa shape index (κ1) is 24.2. The zero-order chi connectivity index (χ0) is 27.1. The lowest BCUT2D eigenvalue weighted by Crippen LogP contribution is -2.09. The van der Waals surface area contributed by atoms with Gasteiger partial charge in [-0.15, -0.1) is 11.3 Å². The highest BCUT2D eigenvalue weighted by atomic mass is 32.1. The van der Waals surface area contributed by atoms with E-state index < -0.39 is 0 Å². The molecule has 192 valence electrons. The SMILES string of the molecule is C=Cc1sc2ccccc2c1-c1c(C)c2cc(N(c3ccccc3)c3ccccc3)ccc2n1-c1ccccc1. The third-order valence-electron chi connectivity index (χ3n) is 7.55. The second-order valence-corrected chi connectivity index (χ2v) is 11.0. The number of benzene rings is 5. The summed E-state index contributed by atoms with van der Waals surface area (Å²) in [6, 6.07) is 47.4. The number of rotatable bonds is 6. The van der Waals surface area contributed by atoms with Gasteiger partial charge in [-0.2, -0.15) is 0 Å². The first-order valence-corrected chi connectivity index (χ1v) is 14.3. The molecule has 0 aliphatic rings. The van der Waals surface area contributed by atoms with Gasteiger partial charge in [-0.25, -0.2) is 0 Å². The van der Waals surface area contributed by atoms with E-state index in [4.69, 9.17) is 0 Å². The van der Waals surface area contributed by atoms with Gasteiger partial charge in [-0.05, 0) is 73.2 Å². The zero-order valence-electron chi connectivity index (χ0n) is 22.3. The van der Waals surface area contributed by atoms with Gasteiger partial charge in [0.1, 0.15) is 0 Å². The van der Waals surface area contributed by atoms with Crippen LogP contribution in [0.2, 0.25) is 0 Å². The summed E-state index contributed by atoms with van der Waals surface area (Å²) in [7, 11) is 0. The Kier molecular flexibility index (Phi) is 6.07. The fourth-order valence-electron chi connectivity index (χ4n) is 5.77. The van der Waals surface area contributed by atoms with E-state index in [0.717, 1.165) is 22.7 Å². The van der Waals surface area contributed by atoms with Gasteiger partial charge in [0, 0.05) is 48.7 Å². The van der Waals surface area contributed by atoms with E-state index >= 15 is 0 Å². The molecule has 0 fully saturated rings. The van der Waals surface area contributed by atoms with Crippen molar-refractivity contribution in [1.82, 2.24) is 4.57 Å². The van der Waals surface area contributed by atoms with Crippen molar-refractivity contribution in [3.8, 4) is 16.9 Å². The number of thiophene rings is 1. The quantitative estimate of drug-likeness (QED) is 0.207. The predicted molar refractivity (Wildman–Crippen MR) is 174 cm³/mol. The van der Waals surface area contributed by atoms with Gasteiger partial charge in [-0.3, -0.25) is 0 Å². The Morgan fingerprint density at radius 1 is 0.650 bits per heavy atom. The normalized spacial score (nSPS) is 11.2. The molecule has 0 aliphatic carbocycles. The molecule has 0 N–H and O–H groups in total. The average Bonchev–Trinajstić information content (AvgIpc) is 3.53. The molecule has 0 aliphatic heterocycles. The van der Waals surface area contributed by atoms with Crippen molar-refractivity contribution in [1.29, 1.82) is 0 Å². The van der Waals surface area contributed by atoms with Crippen molar-refractivity contribution >= 4 is 55.5 Å². The van der Waals surface area contributed by atoms with Crippen molar-refractivity contribution in [2.24, 2.45) is 0 Å². The molecule has 0 unspecified atom stereocenters. The van der Waals surface area contributed by atoms with Gasteiger partial charge in [-0.1, -0.05) is 85.5 Å². The fraction of sp³-hybridized carbons (Fsp3) is 0.0270. The molecule has 2 heterocycles. The van der Waals surface area contributed by atoms with Crippen LogP contribution >= 0.6 is 11.3 Å². The van der Waals surface area contributed by atoms with E-state index in [1.54, 1.807) is 11.3 Å². The summed E-state index contributed by atoms with van der Waals surface area (Å²) in [5.74, 6) is 0. The summed E-state index contributed by atoms with van der Waals surface area (Å²) in [6.07, 6.45) is 2.00. The standard InChI is InChI=1S/C37H28N2S/c1-3-34-36(31-21-13-14-22-35(31)40-34)37-26(2)32-25-30(23-24-33(32)39(37)29-19-11-6-12-20-29)38(27-15-7-4-8-16-27)28-17-9-5-10-18-28/h3-25H,1H2,2H3. The minimum absolute atomic E-state index is 1.13. The maximum Gasteiger partial charge on any atom is 0.0590 e. The van der Waals surface area contributed by atoms with Crippen molar-refractivity contribution in [3.05, 3.63) is 150 Å². The average molecular weight is 533 g/mol. The molecule has 7 rings (SSSR count). The molecule has 0 amide bonds. The molecular formula is C37H28N2S. The highest BCUT2D eigenvalue weighted by Gasteiger charge is 2.23. The van der Waals surface area contributed by atoms with E-state index in [1.165, 1.54) is 42.7 Å². The molecule has 7 aromatic rings. The summed E-state index contributed by atoms with van der Waals surface area (Å²) >= 11 is 1.80. The zero-order valence-corrected chi connectivity index (χ0v) is 23.1. The highest BCUT2D eigenvalue weighted by molar-refractivity contribution is 7.20. The van der Waals surface area contributed by atoms with E-state index in [9.17, 15) is 0 Å². The van der Waals surface area contributed by atoms with Crippen LogP contribution < -0.4 is 4.90 Å². The van der Waals surface area contributed by atoms with Crippen molar-refractivity contribution in [3.63, 3.8) is 0 Å². The fourth-order valence-corrected chi connectivity index (χ4v) is 6.83.